The molecule has 26 heavy (non-hydrogen) atoms. The summed E-state index contributed by atoms with van der Waals surface area (Å²) < 4.78 is 9.06. The molecule has 1 aliphatic rings. The third-order valence-electron chi connectivity index (χ3n) is 5.01. The van der Waals surface area contributed by atoms with Crippen molar-refractivity contribution in [2.45, 2.75) is 25.5 Å². The van der Waals surface area contributed by atoms with Gasteiger partial charge in [0.15, 0.2) is 6.10 Å². The van der Waals surface area contributed by atoms with E-state index >= 15 is 0 Å². The Bertz CT molecular complexity index is 1050. The highest BCUT2D eigenvalue weighted by Gasteiger charge is 2.25. The number of ether oxygens (including phenoxy) is 1. The van der Waals surface area contributed by atoms with Gasteiger partial charge >= 0.3 is 5.69 Å². The maximum atomic E-state index is 12.5. The molecule has 2 heterocycles. The summed E-state index contributed by atoms with van der Waals surface area (Å²) in [6, 6.07) is 13.6. The Kier molecular flexibility index (Phi) is 4.03. The zero-order valence-electron chi connectivity index (χ0n) is 14.9. The minimum Gasteiger partial charge on any atom is -0.480 e. The Hall–Kier alpha value is -3.02. The fraction of sp³-hybridized carbons (Fsp3) is 0.300. The number of amides is 1. The topological polar surface area (TPSA) is 65.3 Å². The van der Waals surface area contributed by atoms with Crippen molar-refractivity contribution in [1.29, 1.82) is 0 Å². The zero-order chi connectivity index (χ0) is 18.3. The van der Waals surface area contributed by atoms with Crippen molar-refractivity contribution in [3.8, 4) is 5.75 Å². The molecule has 0 saturated heterocycles. The number of hydrogen-bond acceptors (Lipinski definition) is 3. The number of imidazole rings is 1. The average molecular weight is 351 g/mol. The summed E-state index contributed by atoms with van der Waals surface area (Å²) in [4.78, 5) is 24.5. The molecule has 134 valence electrons. The van der Waals surface area contributed by atoms with E-state index in [-0.39, 0.29) is 11.6 Å². The number of nitrogens with one attached hydrogen (secondary N) is 1. The maximum Gasteiger partial charge on any atom is 0.328 e. The minimum absolute atomic E-state index is 0.0598. The molecule has 0 aliphatic carbocycles. The number of aryl methyl sites for hydroxylation is 3. The van der Waals surface area contributed by atoms with Gasteiger partial charge in [0.2, 0.25) is 0 Å². The standard InChI is InChI=1S/C20H21N3O3/c1-22-15-9-7-13(11-16(15)23(2)20(22)25)12-21-19(24)18-10-8-14-5-3-4-6-17(14)26-18/h3-7,9,11,18H,8,10,12H2,1-2H3,(H,21,24). The number of carbonyl (C=O) groups excluding carboxylic acids is 1. The molecule has 0 bridgehead atoms. The molecular formula is C20H21N3O3. The van der Waals surface area contributed by atoms with E-state index in [1.165, 1.54) is 0 Å². The molecule has 1 unspecified atom stereocenters. The second kappa shape index (κ2) is 6.37. The summed E-state index contributed by atoms with van der Waals surface area (Å²) >= 11 is 0. The monoisotopic (exact) mass is 351 g/mol. The van der Waals surface area contributed by atoms with Gasteiger partial charge in [0.1, 0.15) is 5.75 Å². The van der Waals surface area contributed by atoms with Crippen LogP contribution in [0.5, 0.6) is 5.75 Å². The third kappa shape index (κ3) is 2.77. The number of fused-ring (bicyclic) bond motifs is 2. The molecule has 2 aromatic carbocycles. The molecule has 3 aromatic rings. The zero-order valence-corrected chi connectivity index (χ0v) is 14.9. The van der Waals surface area contributed by atoms with Crippen LogP contribution in [0.25, 0.3) is 11.0 Å². The lowest BCUT2D eigenvalue weighted by Crippen LogP contribution is -2.40. The summed E-state index contributed by atoms with van der Waals surface area (Å²) in [5, 5.41) is 2.95. The third-order valence-corrected chi connectivity index (χ3v) is 5.01. The van der Waals surface area contributed by atoms with Crippen LogP contribution in [0.3, 0.4) is 0 Å². The molecule has 0 saturated carbocycles. The van der Waals surface area contributed by atoms with Gasteiger partial charge in [-0.2, -0.15) is 0 Å². The number of para-hydroxylation sites is 1. The van der Waals surface area contributed by atoms with Crippen LogP contribution in [0, 0.1) is 0 Å². The van der Waals surface area contributed by atoms with Gasteiger partial charge in [0, 0.05) is 20.6 Å². The van der Waals surface area contributed by atoms with Gasteiger partial charge in [0.05, 0.1) is 11.0 Å². The van der Waals surface area contributed by atoms with Crippen molar-refractivity contribution in [1.82, 2.24) is 14.5 Å². The van der Waals surface area contributed by atoms with Crippen LogP contribution in [-0.4, -0.2) is 21.1 Å². The lowest BCUT2D eigenvalue weighted by Gasteiger charge is -2.25. The highest BCUT2D eigenvalue weighted by Crippen LogP contribution is 2.27. The van der Waals surface area contributed by atoms with Crippen LogP contribution in [0.15, 0.2) is 47.3 Å². The molecule has 6 heteroatoms. The van der Waals surface area contributed by atoms with Gasteiger partial charge in [-0.1, -0.05) is 24.3 Å². The summed E-state index contributed by atoms with van der Waals surface area (Å²) in [6.07, 6.45) is 1.05. The van der Waals surface area contributed by atoms with Crippen LogP contribution in [0.4, 0.5) is 0 Å². The normalized spacial score (nSPS) is 16.2. The van der Waals surface area contributed by atoms with Crippen molar-refractivity contribution in [3.63, 3.8) is 0 Å². The molecule has 1 aromatic heterocycles. The fourth-order valence-corrected chi connectivity index (χ4v) is 3.47. The maximum absolute atomic E-state index is 12.5. The van der Waals surface area contributed by atoms with E-state index in [1.54, 1.807) is 23.2 Å². The molecule has 1 N–H and O–H groups in total. The summed E-state index contributed by atoms with van der Waals surface area (Å²) in [5.41, 5.74) is 3.76. The van der Waals surface area contributed by atoms with Crippen LogP contribution in [-0.2, 0) is 31.9 Å². The molecule has 0 spiro atoms. The minimum atomic E-state index is -0.463. The van der Waals surface area contributed by atoms with Gasteiger partial charge in [0.25, 0.3) is 5.91 Å². The second-order valence-electron chi connectivity index (χ2n) is 6.69. The molecule has 1 aliphatic heterocycles. The first-order valence-electron chi connectivity index (χ1n) is 8.71. The molecule has 4 rings (SSSR count). The van der Waals surface area contributed by atoms with E-state index in [4.69, 9.17) is 4.74 Å². The first-order chi connectivity index (χ1) is 12.5. The van der Waals surface area contributed by atoms with Crippen molar-refractivity contribution in [2.24, 2.45) is 14.1 Å². The van der Waals surface area contributed by atoms with Crippen molar-refractivity contribution >= 4 is 16.9 Å². The van der Waals surface area contributed by atoms with E-state index in [1.807, 2.05) is 42.5 Å². The van der Waals surface area contributed by atoms with Crippen LogP contribution in [0.1, 0.15) is 17.5 Å². The van der Waals surface area contributed by atoms with Gasteiger partial charge in [-0.3, -0.25) is 13.9 Å². The average Bonchev–Trinajstić information content (AvgIpc) is 2.89. The van der Waals surface area contributed by atoms with E-state index in [2.05, 4.69) is 5.32 Å². The molecule has 6 nitrogen and oxygen atoms in total. The van der Waals surface area contributed by atoms with Crippen molar-refractivity contribution in [2.75, 3.05) is 0 Å². The summed E-state index contributed by atoms with van der Waals surface area (Å²) in [6.45, 7) is 0.402. The summed E-state index contributed by atoms with van der Waals surface area (Å²) in [7, 11) is 3.50. The Morgan fingerprint density at radius 2 is 1.92 bits per heavy atom. The van der Waals surface area contributed by atoms with Gasteiger partial charge in [-0.15, -0.1) is 0 Å². The van der Waals surface area contributed by atoms with Gasteiger partial charge in [-0.05, 0) is 42.2 Å². The van der Waals surface area contributed by atoms with E-state index in [0.29, 0.717) is 13.0 Å². The fourth-order valence-electron chi connectivity index (χ4n) is 3.47. The number of nitrogens with zero attached hydrogens (tertiary/aromatic N) is 2. The first-order valence-corrected chi connectivity index (χ1v) is 8.71. The van der Waals surface area contributed by atoms with Crippen LogP contribution < -0.4 is 15.7 Å². The van der Waals surface area contributed by atoms with E-state index in [9.17, 15) is 9.59 Å². The number of rotatable bonds is 3. The predicted octanol–water partition coefficient (Wildman–Crippen LogP) is 1.89. The predicted molar refractivity (Wildman–Crippen MR) is 99.2 cm³/mol. The molecule has 0 fully saturated rings. The SMILES string of the molecule is Cn1c(=O)n(C)c2cc(CNC(=O)C3CCc4ccccc4O3)ccc21. The first kappa shape index (κ1) is 16.4. The number of benzene rings is 2. The van der Waals surface area contributed by atoms with E-state index in [0.717, 1.165) is 34.3 Å². The number of hydrogen-bond donors (Lipinski definition) is 1. The molecule has 0 radical (unpaired) electrons. The van der Waals surface area contributed by atoms with Crippen LogP contribution in [0.2, 0.25) is 0 Å². The summed E-state index contributed by atoms with van der Waals surface area (Å²) in [5.74, 6) is 0.682. The molecule has 1 atom stereocenters. The number of carbonyl (C=O) groups is 1. The lowest BCUT2D eigenvalue weighted by atomic mass is 10.0. The Morgan fingerprint density at radius 3 is 2.77 bits per heavy atom. The highest BCUT2D eigenvalue weighted by molar-refractivity contribution is 5.82. The van der Waals surface area contributed by atoms with Crippen molar-refractivity contribution < 1.29 is 9.53 Å². The lowest BCUT2D eigenvalue weighted by molar-refractivity contribution is -0.128. The van der Waals surface area contributed by atoms with Gasteiger partial charge in [-0.25, -0.2) is 4.79 Å². The van der Waals surface area contributed by atoms with Crippen molar-refractivity contribution in [3.05, 3.63) is 64.1 Å². The Labute approximate surface area is 151 Å². The molecule has 1 amide bonds. The Balaban J connectivity index is 1.46. The highest BCUT2D eigenvalue weighted by atomic mass is 16.5. The quantitative estimate of drug-likeness (QED) is 0.784. The largest absolute Gasteiger partial charge is 0.480 e. The number of aromatic nitrogens is 2. The molecular weight excluding hydrogens is 330 g/mol. The Morgan fingerprint density at radius 1 is 1.15 bits per heavy atom. The smallest absolute Gasteiger partial charge is 0.328 e. The van der Waals surface area contributed by atoms with E-state index < -0.39 is 6.10 Å². The second-order valence-corrected chi connectivity index (χ2v) is 6.69. The van der Waals surface area contributed by atoms with Crippen LogP contribution >= 0.6 is 0 Å². The van der Waals surface area contributed by atoms with Gasteiger partial charge < -0.3 is 10.1 Å².